The van der Waals surface area contributed by atoms with Gasteiger partial charge in [-0.1, -0.05) is 29.8 Å². The molecule has 3 N–H and O–H groups in total. The van der Waals surface area contributed by atoms with Crippen LogP contribution in [0.3, 0.4) is 0 Å². The predicted octanol–water partition coefficient (Wildman–Crippen LogP) is 2.24. The fourth-order valence-electron chi connectivity index (χ4n) is 3.15. The fourth-order valence-corrected chi connectivity index (χ4v) is 3.15. The first-order valence-electron chi connectivity index (χ1n) is 8.15. The van der Waals surface area contributed by atoms with Gasteiger partial charge in [0.1, 0.15) is 11.9 Å². The van der Waals surface area contributed by atoms with E-state index >= 15 is 0 Å². The van der Waals surface area contributed by atoms with E-state index in [2.05, 4.69) is 15.5 Å². The average molecular weight is 332 g/mol. The summed E-state index contributed by atoms with van der Waals surface area (Å²) in [5.74, 6) is -0.145. The Morgan fingerprint density at radius 3 is 2.88 bits per heavy atom. The van der Waals surface area contributed by atoms with Crippen LogP contribution < -0.4 is 11.1 Å². The number of nitrogens with two attached hydrogens (primary N) is 1. The second-order valence-electron chi connectivity index (χ2n) is 6.26. The molecule has 1 saturated carbocycles. The highest BCUT2D eigenvalue weighted by atomic mass is 19.1. The molecule has 3 atom stereocenters. The van der Waals surface area contributed by atoms with Crippen molar-refractivity contribution in [2.45, 2.75) is 44.7 Å². The Kier molecular flexibility index (Phi) is 4.89. The number of hydrogen-bond donors (Lipinski definition) is 2. The topological polar surface area (TPSA) is 94.0 Å². The Morgan fingerprint density at radius 2 is 2.21 bits per heavy atom. The Balaban J connectivity index is 1.85. The molecule has 7 heteroatoms. The van der Waals surface area contributed by atoms with Gasteiger partial charge in [0.2, 0.25) is 11.8 Å². The zero-order valence-corrected chi connectivity index (χ0v) is 13.5. The number of benzene rings is 1. The molecule has 0 bridgehead atoms. The van der Waals surface area contributed by atoms with Gasteiger partial charge in [0.05, 0.1) is 0 Å². The van der Waals surface area contributed by atoms with Crippen molar-refractivity contribution in [3.05, 3.63) is 47.4 Å². The number of rotatable bonds is 4. The smallest absolute Gasteiger partial charge is 0.224 e. The van der Waals surface area contributed by atoms with E-state index in [-0.39, 0.29) is 23.7 Å². The maximum absolute atomic E-state index is 14.2. The van der Waals surface area contributed by atoms with Crippen molar-refractivity contribution >= 4 is 5.91 Å². The lowest BCUT2D eigenvalue weighted by Gasteiger charge is -2.27. The largest absolute Gasteiger partial charge is 0.342 e. The van der Waals surface area contributed by atoms with Crippen LogP contribution >= 0.6 is 0 Å². The Hall–Kier alpha value is -2.28. The van der Waals surface area contributed by atoms with E-state index in [9.17, 15) is 9.18 Å². The van der Waals surface area contributed by atoms with Crippen LogP contribution in [-0.2, 0) is 4.79 Å². The van der Waals surface area contributed by atoms with Crippen molar-refractivity contribution < 1.29 is 13.7 Å². The summed E-state index contributed by atoms with van der Waals surface area (Å²) in [6.45, 7) is 1.65. The molecule has 0 aliphatic heterocycles. The minimum atomic E-state index is -0.783. The Labute approximate surface area is 139 Å². The van der Waals surface area contributed by atoms with E-state index in [1.54, 1.807) is 25.1 Å². The number of halogens is 1. The Bertz CT molecular complexity index is 718. The molecule has 1 amide bonds. The molecule has 1 aromatic heterocycles. The molecule has 1 fully saturated rings. The van der Waals surface area contributed by atoms with Crippen LogP contribution in [0, 0.1) is 18.7 Å². The first-order valence-corrected chi connectivity index (χ1v) is 8.15. The van der Waals surface area contributed by atoms with Crippen molar-refractivity contribution in [2.75, 3.05) is 0 Å². The number of amides is 1. The summed E-state index contributed by atoms with van der Waals surface area (Å²) < 4.78 is 19.2. The summed E-state index contributed by atoms with van der Waals surface area (Å²) in [6, 6.07) is 5.51. The van der Waals surface area contributed by atoms with E-state index in [1.165, 1.54) is 6.07 Å². The molecule has 1 aromatic carbocycles. The summed E-state index contributed by atoms with van der Waals surface area (Å²) in [5.41, 5.74) is 6.28. The SMILES string of the molecule is Cc1nc([C@H](NC(=O)[C@H]2CCC[C@@H](N)C2)c2ccccc2F)no1. The van der Waals surface area contributed by atoms with E-state index < -0.39 is 11.9 Å². The molecule has 1 aliphatic rings. The maximum atomic E-state index is 14.2. The van der Waals surface area contributed by atoms with E-state index in [0.717, 1.165) is 19.3 Å². The van der Waals surface area contributed by atoms with Crippen LogP contribution in [-0.4, -0.2) is 22.1 Å². The van der Waals surface area contributed by atoms with Crippen LogP contribution in [0.1, 0.15) is 49.0 Å². The van der Waals surface area contributed by atoms with Gasteiger partial charge in [-0.3, -0.25) is 4.79 Å². The molecule has 2 aromatic rings. The summed E-state index contributed by atoms with van der Waals surface area (Å²) in [6.07, 6.45) is 3.28. The predicted molar refractivity (Wildman–Crippen MR) is 85.4 cm³/mol. The third-order valence-electron chi connectivity index (χ3n) is 4.39. The van der Waals surface area contributed by atoms with Gasteiger partial charge in [-0.15, -0.1) is 0 Å². The molecule has 1 heterocycles. The lowest BCUT2D eigenvalue weighted by Crippen LogP contribution is -2.40. The zero-order valence-electron chi connectivity index (χ0n) is 13.5. The quantitative estimate of drug-likeness (QED) is 0.895. The van der Waals surface area contributed by atoms with Gasteiger partial charge >= 0.3 is 0 Å². The number of aryl methyl sites for hydroxylation is 1. The summed E-state index contributed by atoms with van der Waals surface area (Å²) in [7, 11) is 0. The molecule has 0 spiro atoms. The van der Waals surface area contributed by atoms with Crippen LogP contribution in [0.5, 0.6) is 0 Å². The molecule has 0 radical (unpaired) electrons. The minimum absolute atomic E-state index is 0.0360. The lowest BCUT2D eigenvalue weighted by molar-refractivity contribution is -0.126. The van der Waals surface area contributed by atoms with Gasteiger partial charge in [0.25, 0.3) is 0 Å². The maximum Gasteiger partial charge on any atom is 0.224 e. The van der Waals surface area contributed by atoms with Gasteiger partial charge in [-0.25, -0.2) is 4.39 Å². The fraction of sp³-hybridized carbons (Fsp3) is 0.471. The van der Waals surface area contributed by atoms with Gasteiger partial charge in [-0.05, 0) is 25.3 Å². The first kappa shape index (κ1) is 16.6. The highest BCUT2D eigenvalue weighted by Gasteiger charge is 2.30. The standard InChI is InChI=1S/C17H21FN4O2/c1-10-20-16(22-24-10)15(13-7-2-3-8-14(13)18)21-17(23)11-5-4-6-12(19)9-11/h2-3,7-8,11-12,15H,4-6,9,19H2,1H3,(H,21,23)/t11-,12+,15+/m0/s1. The second kappa shape index (κ2) is 7.09. The molecule has 1 aliphatic carbocycles. The number of carbonyl (C=O) groups is 1. The lowest BCUT2D eigenvalue weighted by atomic mass is 9.85. The van der Waals surface area contributed by atoms with E-state index in [4.69, 9.17) is 10.3 Å². The third kappa shape index (κ3) is 3.62. The summed E-state index contributed by atoms with van der Waals surface area (Å²) in [5, 5.41) is 6.73. The van der Waals surface area contributed by atoms with Gasteiger partial charge in [-0.2, -0.15) is 4.98 Å². The van der Waals surface area contributed by atoms with E-state index in [0.29, 0.717) is 17.9 Å². The van der Waals surface area contributed by atoms with Crippen molar-refractivity contribution in [1.29, 1.82) is 0 Å². The van der Waals surface area contributed by atoms with Crippen LogP contribution in [0.25, 0.3) is 0 Å². The molecule has 0 saturated heterocycles. The molecular formula is C17H21FN4O2. The molecule has 6 nitrogen and oxygen atoms in total. The van der Waals surface area contributed by atoms with Gasteiger partial charge in [0.15, 0.2) is 5.82 Å². The molecule has 3 rings (SSSR count). The van der Waals surface area contributed by atoms with Crippen LogP contribution in [0.2, 0.25) is 0 Å². The van der Waals surface area contributed by atoms with Crippen molar-refractivity contribution in [3.63, 3.8) is 0 Å². The third-order valence-corrected chi connectivity index (χ3v) is 4.39. The minimum Gasteiger partial charge on any atom is -0.342 e. The number of hydrogen-bond acceptors (Lipinski definition) is 5. The highest BCUT2D eigenvalue weighted by Crippen LogP contribution is 2.27. The number of carbonyl (C=O) groups excluding carboxylic acids is 1. The number of nitrogens with one attached hydrogen (secondary N) is 1. The zero-order chi connectivity index (χ0) is 17.1. The van der Waals surface area contributed by atoms with Crippen LogP contribution in [0.15, 0.2) is 28.8 Å². The monoisotopic (exact) mass is 332 g/mol. The van der Waals surface area contributed by atoms with Gasteiger partial charge in [0, 0.05) is 24.4 Å². The summed E-state index contributed by atoms with van der Waals surface area (Å²) >= 11 is 0. The number of nitrogens with zero attached hydrogens (tertiary/aromatic N) is 2. The first-order chi connectivity index (χ1) is 11.5. The molecule has 0 unspecified atom stereocenters. The van der Waals surface area contributed by atoms with Crippen LogP contribution in [0.4, 0.5) is 4.39 Å². The van der Waals surface area contributed by atoms with Crippen molar-refractivity contribution in [3.8, 4) is 0 Å². The van der Waals surface area contributed by atoms with Gasteiger partial charge < -0.3 is 15.6 Å². The van der Waals surface area contributed by atoms with Crippen molar-refractivity contribution in [1.82, 2.24) is 15.5 Å². The molecule has 24 heavy (non-hydrogen) atoms. The highest BCUT2D eigenvalue weighted by molar-refractivity contribution is 5.79. The molecule has 128 valence electrons. The number of aromatic nitrogens is 2. The normalized spacial score (nSPS) is 22.1. The van der Waals surface area contributed by atoms with Crippen molar-refractivity contribution in [2.24, 2.45) is 11.7 Å². The average Bonchev–Trinajstić information content (AvgIpc) is 2.99. The Morgan fingerprint density at radius 1 is 1.42 bits per heavy atom. The summed E-state index contributed by atoms with van der Waals surface area (Å²) in [4.78, 5) is 16.8. The second-order valence-corrected chi connectivity index (χ2v) is 6.26. The molecular weight excluding hydrogens is 311 g/mol. The van der Waals surface area contributed by atoms with E-state index in [1.807, 2.05) is 0 Å².